The highest BCUT2D eigenvalue weighted by Gasteiger charge is 2.39. The average molecular weight is 388 g/mol. The van der Waals surface area contributed by atoms with Crippen molar-refractivity contribution < 1.29 is 14.4 Å². The van der Waals surface area contributed by atoms with Gasteiger partial charge >= 0.3 is 0 Å². The van der Waals surface area contributed by atoms with Gasteiger partial charge in [-0.1, -0.05) is 55.1 Å². The van der Waals surface area contributed by atoms with Gasteiger partial charge in [-0.25, -0.2) is 0 Å². The molecule has 1 atom stereocenters. The summed E-state index contributed by atoms with van der Waals surface area (Å²) in [7, 11) is 0. The molecular formula is C24H24N2O3. The van der Waals surface area contributed by atoms with Gasteiger partial charge in [-0.3, -0.25) is 19.3 Å². The van der Waals surface area contributed by atoms with Crippen LogP contribution >= 0.6 is 0 Å². The molecule has 0 aliphatic carbocycles. The summed E-state index contributed by atoms with van der Waals surface area (Å²) < 4.78 is 0. The lowest BCUT2D eigenvalue weighted by Crippen LogP contribution is -2.49. The fourth-order valence-electron chi connectivity index (χ4n) is 4.29. The van der Waals surface area contributed by atoms with Crippen molar-refractivity contribution in [2.75, 3.05) is 13.1 Å². The van der Waals surface area contributed by atoms with Crippen LogP contribution in [0.3, 0.4) is 0 Å². The third-order valence-electron chi connectivity index (χ3n) is 5.96. The van der Waals surface area contributed by atoms with Crippen LogP contribution < -0.4 is 0 Å². The maximum absolute atomic E-state index is 13.1. The number of hydrogen-bond acceptors (Lipinski definition) is 3. The highest BCUT2D eigenvalue weighted by atomic mass is 16.2. The number of piperidine rings is 1. The maximum atomic E-state index is 13.1. The summed E-state index contributed by atoms with van der Waals surface area (Å²) in [5, 5.41) is 0. The van der Waals surface area contributed by atoms with Gasteiger partial charge in [0, 0.05) is 41.4 Å². The van der Waals surface area contributed by atoms with Crippen LogP contribution in [0.15, 0.2) is 61.2 Å². The van der Waals surface area contributed by atoms with Crippen LogP contribution in [0.2, 0.25) is 0 Å². The lowest BCUT2D eigenvalue weighted by molar-refractivity contribution is -0.135. The minimum absolute atomic E-state index is 0.0654. The average Bonchev–Trinajstić information content (AvgIpc) is 3.03. The Morgan fingerprint density at radius 2 is 1.55 bits per heavy atom. The van der Waals surface area contributed by atoms with E-state index < -0.39 is 6.04 Å². The van der Waals surface area contributed by atoms with Crippen LogP contribution in [0.5, 0.6) is 0 Å². The molecule has 148 valence electrons. The molecule has 29 heavy (non-hydrogen) atoms. The number of nitrogens with zero attached hydrogens (tertiary/aromatic N) is 2. The minimum Gasteiger partial charge on any atom is -0.341 e. The Balaban J connectivity index is 1.41. The first kappa shape index (κ1) is 19.1. The smallest absolute Gasteiger partial charge is 0.259 e. The van der Waals surface area contributed by atoms with Gasteiger partial charge < -0.3 is 4.90 Å². The Morgan fingerprint density at radius 3 is 2.17 bits per heavy atom. The van der Waals surface area contributed by atoms with Crippen molar-refractivity contribution in [1.29, 1.82) is 0 Å². The van der Waals surface area contributed by atoms with Crippen molar-refractivity contribution in [2.45, 2.75) is 25.8 Å². The lowest BCUT2D eigenvalue weighted by Gasteiger charge is -2.35. The van der Waals surface area contributed by atoms with E-state index in [2.05, 4.69) is 6.58 Å². The SMILES string of the molecule is C=C1c2ccccc2C(=O)N1C(C)C(=O)N1CCC(C(=O)c2ccccc2)CC1. The summed E-state index contributed by atoms with van der Waals surface area (Å²) in [4.78, 5) is 41.8. The van der Waals surface area contributed by atoms with Crippen molar-refractivity contribution in [3.63, 3.8) is 0 Å². The quantitative estimate of drug-likeness (QED) is 0.752. The van der Waals surface area contributed by atoms with Gasteiger partial charge in [0.15, 0.2) is 5.78 Å². The van der Waals surface area contributed by atoms with Crippen LogP contribution in [0.25, 0.3) is 5.70 Å². The number of likely N-dealkylation sites (tertiary alicyclic amines) is 1. The Bertz CT molecular complexity index is 940. The Labute approximate surface area is 170 Å². The largest absolute Gasteiger partial charge is 0.341 e. The van der Waals surface area contributed by atoms with Crippen molar-refractivity contribution in [3.05, 3.63) is 77.9 Å². The molecule has 0 radical (unpaired) electrons. The van der Waals surface area contributed by atoms with Gasteiger partial charge in [-0.15, -0.1) is 0 Å². The van der Waals surface area contributed by atoms with E-state index in [9.17, 15) is 14.4 Å². The minimum atomic E-state index is -0.622. The molecular weight excluding hydrogens is 364 g/mol. The van der Waals surface area contributed by atoms with Crippen LogP contribution in [0.1, 0.15) is 46.0 Å². The number of fused-ring (bicyclic) bond motifs is 1. The topological polar surface area (TPSA) is 57.7 Å². The molecule has 1 fully saturated rings. The molecule has 2 aromatic carbocycles. The Morgan fingerprint density at radius 1 is 0.966 bits per heavy atom. The van der Waals surface area contributed by atoms with Crippen LogP contribution in [0.4, 0.5) is 0 Å². The number of carbonyl (C=O) groups is 3. The maximum Gasteiger partial charge on any atom is 0.259 e. The summed E-state index contributed by atoms with van der Waals surface area (Å²) in [6, 6.07) is 16.0. The van der Waals surface area contributed by atoms with Gasteiger partial charge in [0.25, 0.3) is 5.91 Å². The second-order valence-corrected chi connectivity index (χ2v) is 7.67. The molecule has 2 aromatic rings. The van der Waals surface area contributed by atoms with Crippen molar-refractivity contribution >= 4 is 23.3 Å². The van der Waals surface area contributed by atoms with Crippen molar-refractivity contribution in [2.24, 2.45) is 5.92 Å². The molecule has 2 aliphatic heterocycles. The first-order valence-corrected chi connectivity index (χ1v) is 9.99. The molecule has 0 saturated carbocycles. The van der Waals surface area contributed by atoms with Gasteiger partial charge in [0.1, 0.15) is 6.04 Å². The van der Waals surface area contributed by atoms with Gasteiger partial charge in [-0.2, -0.15) is 0 Å². The highest BCUT2D eigenvalue weighted by Crippen LogP contribution is 2.33. The zero-order valence-electron chi connectivity index (χ0n) is 16.5. The molecule has 5 nitrogen and oxygen atoms in total. The van der Waals surface area contributed by atoms with Crippen LogP contribution in [0, 0.1) is 5.92 Å². The highest BCUT2D eigenvalue weighted by molar-refractivity contribution is 6.10. The zero-order chi connectivity index (χ0) is 20.5. The third kappa shape index (κ3) is 3.37. The number of Topliss-reactive ketones (excluding diaryl/α,β-unsaturated/α-hetero) is 1. The number of hydrogen-bond donors (Lipinski definition) is 0. The summed E-state index contributed by atoms with van der Waals surface area (Å²) in [6.07, 6.45) is 1.28. The van der Waals surface area contributed by atoms with Gasteiger partial charge in [-0.05, 0) is 25.8 Å². The van der Waals surface area contributed by atoms with E-state index in [-0.39, 0.29) is 23.5 Å². The first-order valence-electron chi connectivity index (χ1n) is 9.99. The molecule has 2 heterocycles. The molecule has 4 rings (SSSR count). The molecule has 1 saturated heterocycles. The molecule has 0 N–H and O–H groups in total. The van der Waals surface area contributed by atoms with Crippen LogP contribution in [-0.4, -0.2) is 46.5 Å². The summed E-state index contributed by atoms with van der Waals surface area (Å²) in [5.41, 5.74) is 2.66. The fourth-order valence-corrected chi connectivity index (χ4v) is 4.29. The molecule has 2 amide bonds. The van der Waals surface area contributed by atoms with E-state index in [4.69, 9.17) is 0 Å². The number of benzene rings is 2. The Kier molecular flexibility index (Phi) is 5.05. The van der Waals surface area contributed by atoms with E-state index in [1.807, 2.05) is 48.5 Å². The van der Waals surface area contributed by atoms with Gasteiger partial charge in [0.05, 0.1) is 0 Å². The summed E-state index contributed by atoms with van der Waals surface area (Å²) in [6.45, 7) is 6.83. The molecule has 0 spiro atoms. The fraction of sp³-hybridized carbons (Fsp3) is 0.292. The number of ketones is 1. The van der Waals surface area contributed by atoms with Crippen molar-refractivity contribution in [1.82, 2.24) is 9.80 Å². The molecule has 2 aliphatic rings. The summed E-state index contributed by atoms with van der Waals surface area (Å²) in [5.74, 6) is -0.202. The van der Waals surface area contributed by atoms with Crippen LogP contribution in [-0.2, 0) is 4.79 Å². The summed E-state index contributed by atoms with van der Waals surface area (Å²) >= 11 is 0. The molecule has 0 aromatic heterocycles. The van der Waals surface area contributed by atoms with Gasteiger partial charge in [0.2, 0.25) is 5.91 Å². The van der Waals surface area contributed by atoms with E-state index in [0.717, 1.165) is 11.1 Å². The first-order chi connectivity index (χ1) is 14.0. The molecule has 1 unspecified atom stereocenters. The third-order valence-corrected chi connectivity index (χ3v) is 5.96. The molecule has 0 bridgehead atoms. The predicted molar refractivity (Wildman–Crippen MR) is 111 cm³/mol. The lowest BCUT2D eigenvalue weighted by atomic mass is 9.88. The normalized spacial score (nSPS) is 18.0. The standard InChI is InChI=1S/C24H24N2O3/c1-16-20-10-6-7-11-21(20)24(29)26(16)17(2)23(28)25-14-12-19(13-15-25)22(27)18-8-4-3-5-9-18/h3-11,17,19H,1,12-15H2,2H3. The Hall–Kier alpha value is -3.21. The number of amides is 2. The molecule has 5 heteroatoms. The second-order valence-electron chi connectivity index (χ2n) is 7.67. The van der Waals surface area contributed by atoms with E-state index in [0.29, 0.717) is 37.2 Å². The monoisotopic (exact) mass is 388 g/mol. The predicted octanol–water partition coefficient (Wildman–Crippen LogP) is 3.62. The number of carbonyl (C=O) groups excluding carboxylic acids is 3. The van der Waals surface area contributed by atoms with E-state index in [1.54, 1.807) is 17.9 Å². The second kappa shape index (κ2) is 7.66. The number of rotatable bonds is 4. The van der Waals surface area contributed by atoms with E-state index in [1.165, 1.54) is 4.90 Å². The van der Waals surface area contributed by atoms with E-state index >= 15 is 0 Å². The zero-order valence-corrected chi connectivity index (χ0v) is 16.5. The van der Waals surface area contributed by atoms with Crippen molar-refractivity contribution in [3.8, 4) is 0 Å².